The molecule has 1 aliphatic carbocycles. The van der Waals surface area contributed by atoms with Crippen LogP contribution >= 0.6 is 0 Å². The summed E-state index contributed by atoms with van der Waals surface area (Å²) in [6.07, 6.45) is 5.66. The minimum absolute atomic E-state index is 0.639. The van der Waals surface area contributed by atoms with Crippen LogP contribution in [0, 0.1) is 17.3 Å². The first kappa shape index (κ1) is 11.4. The quantitative estimate of drug-likeness (QED) is 0.773. The summed E-state index contributed by atoms with van der Waals surface area (Å²) in [7, 11) is 0. The molecule has 15 heavy (non-hydrogen) atoms. The van der Waals surface area contributed by atoms with Crippen LogP contribution in [-0.2, 0) is 0 Å². The Hall–Kier alpha value is -0.0800. The van der Waals surface area contributed by atoms with Gasteiger partial charge >= 0.3 is 0 Å². The Labute approximate surface area is 94.2 Å². The van der Waals surface area contributed by atoms with Crippen LogP contribution in [0.15, 0.2) is 0 Å². The second-order valence-electron chi connectivity index (χ2n) is 6.16. The van der Waals surface area contributed by atoms with E-state index in [1.54, 1.807) is 0 Å². The van der Waals surface area contributed by atoms with Gasteiger partial charge in [0.1, 0.15) is 0 Å². The van der Waals surface area contributed by atoms with E-state index in [0.29, 0.717) is 5.41 Å². The molecule has 0 amide bonds. The lowest BCUT2D eigenvalue weighted by molar-refractivity contribution is 0.0453. The molecular formula is C13H26N2. The van der Waals surface area contributed by atoms with Gasteiger partial charge in [0.15, 0.2) is 0 Å². The van der Waals surface area contributed by atoms with Crippen LogP contribution in [-0.4, -0.2) is 31.1 Å². The first-order chi connectivity index (χ1) is 7.13. The fraction of sp³-hybridized carbons (Fsp3) is 1.00. The third-order valence-electron chi connectivity index (χ3n) is 4.67. The summed E-state index contributed by atoms with van der Waals surface area (Å²) in [5, 5.41) is 0. The van der Waals surface area contributed by atoms with Crippen molar-refractivity contribution in [2.75, 3.05) is 26.2 Å². The SMILES string of the molecule is CC1CCN(CC2(C)CCC2)CC1CN. The van der Waals surface area contributed by atoms with Crippen LogP contribution in [0.1, 0.15) is 39.5 Å². The van der Waals surface area contributed by atoms with Crippen molar-refractivity contribution >= 4 is 0 Å². The van der Waals surface area contributed by atoms with E-state index in [0.717, 1.165) is 18.4 Å². The lowest BCUT2D eigenvalue weighted by Crippen LogP contribution is -2.48. The Bertz CT molecular complexity index is 211. The highest BCUT2D eigenvalue weighted by atomic mass is 15.1. The molecule has 2 nitrogen and oxygen atoms in total. The molecule has 2 N–H and O–H groups in total. The molecule has 0 spiro atoms. The van der Waals surface area contributed by atoms with Crippen LogP contribution in [0.3, 0.4) is 0 Å². The number of likely N-dealkylation sites (tertiary alicyclic amines) is 1. The maximum Gasteiger partial charge on any atom is 0.00355 e. The van der Waals surface area contributed by atoms with E-state index in [9.17, 15) is 0 Å². The number of nitrogens with zero attached hydrogens (tertiary/aromatic N) is 1. The first-order valence-corrected chi connectivity index (χ1v) is 6.55. The summed E-state index contributed by atoms with van der Waals surface area (Å²) in [5.74, 6) is 1.57. The van der Waals surface area contributed by atoms with E-state index in [-0.39, 0.29) is 0 Å². The number of nitrogens with two attached hydrogens (primary N) is 1. The highest BCUT2D eigenvalue weighted by Gasteiger charge is 2.35. The van der Waals surface area contributed by atoms with Gasteiger partial charge in [-0.2, -0.15) is 0 Å². The van der Waals surface area contributed by atoms with Gasteiger partial charge < -0.3 is 10.6 Å². The van der Waals surface area contributed by atoms with Gasteiger partial charge in [-0.3, -0.25) is 0 Å². The Kier molecular flexibility index (Phi) is 3.36. The predicted octanol–water partition coefficient (Wildman–Crippen LogP) is 2.09. The van der Waals surface area contributed by atoms with E-state index in [1.807, 2.05) is 0 Å². The fourth-order valence-electron chi connectivity index (χ4n) is 3.15. The minimum atomic E-state index is 0.639. The molecule has 0 bridgehead atoms. The summed E-state index contributed by atoms with van der Waals surface area (Å²) in [5.41, 5.74) is 6.48. The molecule has 1 saturated carbocycles. The standard InChI is InChI=1S/C13H26N2/c1-11-4-7-15(9-12(11)8-14)10-13(2)5-3-6-13/h11-12H,3-10,14H2,1-2H3. The van der Waals surface area contributed by atoms with E-state index >= 15 is 0 Å². The van der Waals surface area contributed by atoms with Gasteiger partial charge in [-0.25, -0.2) is 0 Å². The van der Waals surface area contributed by atoms with Crippen molar-refractivity contribution in [1.29, 1.82) is 0 Å². The summed E-state index contributed by atoms with van der Waals surface area (Å²) in [6, 6.07) is 0. The van der Waals surface area contributed by atoms with Crippen molar-refractivity contribution in [1.82, 2.24) is 4.90 Å². The molecule has 2 unspecified atom stereocenters. The molecule has 2 aliphatic rings. The first-order valence-electron chi connectivity index (χ1n) is 6.55. The van der Waals surface area contributed by atoms with Crippen molar-refractivity contribution in [3.8, 4) is 0 Å². The van der Waals surface area contributed by atoms with Gasteiger partial charge in [0.2, 0.25) is 0 Å². The maximum absolute atomic E-state index is 5.84. The molecule has 0 radical (unpaired) electrons. The molecule has 1 aliphatic heterocycles. The van der Waals surface area contributed by atoms with Crippen LogP contribution in [0.25, 0.3) is 0 Å². The van der Waals surface area contributed by atoms with Gasteiger partial charge in [0, 0.05) is 13.1 Å². The smallest absolute Gasteiger partial charge is 0.00355 e. The summed E-state index contributed by atoms with van der Waals surface area (Å²) >= 11 is 0. The van der Waals surface area contributed by atoms with E-state index in [1.165, 1.54) is 45.3 Å². The Morgan fingerprint density at radius 2 is 2.13 bits per heavy atom. The summed E-state index contributed by atoms with van der Waals surface area (Å²) in [6.45, 7) is 9.54. The highest BCUT2D eigenvalue weighted by Crippen LogP contribution is 2.41. The molecule has 0 aromatic heterocycles. The van der Waals surface area contributed by atoms with E-state index in [2.05, 4.69) is 18.7 Å². The fourth-order valence-corrected chi connectivity index (χ4v) is 3.15. The van der Waals surface area contributed by atoms with Gasteiger partial charge in [-0.1, -0.05) is 20.3 Å². The van der Waals surface area contributed by atoms with E-state index < -0.39 is 0 Å². The Balaban J connectivity index is 1.83. The van der Waals surface area contributed by atoms with Crippen LogP contribution in [0.5, 0.6) is 0 Å². The third kappa shape index (κ3) is 2.54. The maximum atomic E-state index is 5.84. The van der Waals surface area contributed by atoms with Crippen molar-refractivity contribution < 1.29 is 0 Å². The molecule has 2 fully saturated rings. The molecular weight excluding hydrogens is 184 g/mol. The number of hydrogen-bond acceptors (Lipinski definition) is 2. The van der Waals surface area contributed by atoms with Crippen LogP contribution in [0.4, 0.5) is 0 Å². The molecule has 0 aromatic carbocycles. The minimum Gasteiger partial charge on any atom is -0.330 e. The topological polar surface area (TPSA) is 29.3 Å². The average Bonchev–Trinajstić information content (AvgIpc) is 2.18. The largest absolute Gasteiger partial charge is 0.330 e. The van der Waals surface area contributed by atoms with Crippen molar-refractivity contribution in [2.45, 2.75) is 39.5 Å². The average molecular weight is 210 g/mol. The molecule has 2 heteroatoms. The zero-order chi connectivity index (χ0) is 10.9. The Morgan fingerprint density at radius 3 is 2.67 bits per heavy atom. The van der Waals surface area contributed by atoms with Crippen molar-refractivity contribution in [3.63, 3.8) is 0 Å². The molecule has 88 valence electrons. The van der Waals surface area contributed by atoms with Gasteiger partial charge in [0.05, 0.1) is 0 Å². The predicted molar refractivity (Wildman–Crippen MR) is 64.7 cm³/mol. The number of rotatable bonds is 3. The number of piperidine rings is 1. The molecule has 2 atom stereocenters. The van der Waals surface area contributed by atoms with Crippen LogP contribution < -0.4 is 5.73 Å². The van der Waals surface area contributed by atoms with Gasteiger partial charge in [-0.05, 0) is 49.6 Å². The third-order valence-corrected chi connectivity index (χ3v) is 4.67. The summed E-state index contributed by atoms with van der Waals surface area (Å²) in [4.78, 5) is 2.66. The summed E-state index contributed by atoms with van der Waals surface area (Å²) < 4.78 is 0. The zero-order valence-electron chi connectivity index (χ0n) is 10.3. The van der Waals surface area contributed by atoms with Crippen molar-refractivity contribution in [2.24, 2.45) is 23.0 Å². The lowest BCUT2D eigenvalue weighted by Gasteiger charge is -2.45. The second-order valence-corrected chi connectivity index (χ2v) is 6.16. The highest BCUT2D eigenvalue weighted by molar-refractivity contribution is 4.89. The lowest BCUT2D eigenvalue weighted by atomic mass is 9.69. The monoisotopic (exact) mass is 210 g/mol. The zero-order valence-corrected chi connectivity index (χ0v) is 10.3. The molecule has 1 heterocycles. The number of hydrogen-bond donors (Lipinski definition) is 1. The second kappa shape index (κ2) is 4.42. The van der Waals surface area contributed by atoms with E-state index in [4.69, 9.17) is 5.73 Å². The molecule has 2 rings (SSSR count). The van der Waals surface area contributed by atoms with Gasteiger partial charge in [-0.15, -0.1) is 0 Å². The van der Waals surface area contributed by atoms with Crippen molar-refractivity contribution in [3.05, 3.63) is 0 Å². The van der Waals surface area contributed by atoms with Gasteiger partial charge in [0.25, 0.3) is 0 Å². The Morgan fingerprint density at radius 1 is 1.40 bits per heavy atom. The molecule has 1 saturated heterocycles. The normalized spacial score (nSPS) is 36.2. The molecule has 0 aromatic rings. The van der Waals surface area contributed by atoms with Crippen LogP contribution in [0.2, 0.25) is 0 Å².